The highest BCUT2D eigenvalue weighted by Crippen LogP contribution is 2.27. The molecule has 0 bridgehead atoms. The number of hydrogen-bond donors (Lipinski definition) is 0. The van der Waals surface area contributed by atoms with E-state index in [0.717, 1.165) is 19.3 Å². The van der Waals surface area contributed by atoms with Gasteiger partial charge in [0.15, 0.2) is 11.5 Å². The first-order chi connectivity index (χ1) is 10.0. The summed E-state index contributed by atoms with van der Waals surface area (Å²) in [5, 5.41) is 0. The lowest BCUT2D eigenvalue weighted by atomic mass is 10.1. The highest BCUT2D eigenvalue weighted by Gasteiger charge is 2.13. The summed E-state index contributed by atoms with van der Waals surface area (Å²) < 4.78 is 10.5. The number of unbranched alkanes of at least 4 members (excludes halogenated alkanes) is 1. The minimum absolute atomic E-state index is 0.302. The lowest BCUT2D eigenvalue weighted by molar-refractivity contribution is -0.137. The number of esters is 2. The van der Waals surface area contributed by atoms with E-state index in [1.54, 1.807) is 24.3 Å². The van der Waals surface area contributed by atoms with Gasteiger partial charge in [0.1, 0.15) is 0 Å². The number of para-hydroxylation sites is 2. The van der Waals surface area contributed by atoms with Crippen molar-refractivity contribution in [2.75, 3.05) is 0 Å². The molecule has 1 rings (SSSR count). The van der Waals surface area contributed by atoms with E-state index in [1.807, 2.05) is 6.92 Å². The fourth-order valence-electron chi connectivity index (χ4n) is 1.69. The molecule has 0 aliphatic heterocycles. The van der Waals surface area contributed by atoms with E-state index in [2.05, 4.69) is 13.8 Å². The summed E-state index contributed by atoms with van der Waals surface area (Å²) in [6, 6.07) is 6.76. The van der Waals surface area contributed by atoms with Crippen molar-refractivity contribution < 1.29 is 19.1 Å². The fraction of sp³-hybridized carbons (Fsp3) is 0.529. The Morgan fingerprint density at radius 1 is 1.00 bits per heavy atom. The molecule has 4 nitrogen and oxygen atoms in total. The van der Waals surface area contributed by atoms with Crippen LogP contribution in [-0.4, -0.2) is 11.9 Å². The predicted molar refractivity (Wildman–Crippen MR) is 81.3 cm³/mol. The van der Waals surface area contributed by atoms with E-state index in [-0.39, 0.29) is 11.9 Å². The molecule has 116 valence electrons. The molecule has 4 heteroatoms. The predicted octanol–water partition coefficient (Wildman–Crippen LogP) is 4.12. The van der Waals surface area contributed by atoms with Gasteiger partial charge in [-0.05, 0) is 30.9 Å². The second-order valence-corrected chi connectivity index (χ2v) is 5.43. The summed E-state index contributed by atoms with van der Waals surface area (Å²) in [5.74, 6) is 0.440. The lowest BCUT2D eigenvalue weighted by Gasteiger charge is -2.10. The SMILES string of the molecule is CCCCC(=O)Oc1ccccc1OC(=O)CCC(C)C. The van der Waals surface area contributed by atoms with Crippen LogP contribution in [-0.2, 0) is 9.59 Å². The number of benzene rings is 1. The summed E-state index contributed by atoms with van der Waals surface area (Å²) in [6.45, 7) is 6.12. The smallest absolute Gasteiger partial charge is 0.311 e. The van der Waals surface area contributed by atoms with Crippen LogP contribution in [0.1, 0.15) is 52.9 Å². The third kappa shape index (κ3) is 6.93. The Bertz CT molecular complexity index is 466. The van der Waals surface area contributed by atoms with Gasteiger partial charge in [0, 0.05) is 12.8 Å². The molecule has 0 radical (unpaired) electrons. The van der Waals surface area contributed by atoms with Gasteiger partial charge in [-0.2, -0.15) is 0 Å². The summed E-state index contributed by atoms with van der Waals surface area (Å²) in [5.41, 5.74) is 0. The maximum atomic E-state index is 11.8. The molecular weight excluding hydrogens is 268 g/mol. The fourth-order valence-corrected chi connectivity index (χ4v) is 1.69. The van der Waals surface area contributed by atoms with E-state index in [0.29, 0.717) is 30.3 Å². The number of carbonyl (C=O) groups excluding carboxylic acids is 2. The molecule has 0 saturated carbocycles. The van der Waals surface area contributed by atoms with Crippen LogP contribution < -0.4 is 9.47 Å². The monoisotopic (exact) mass is 292 g/mol. The van der Waals surface area contributed by atoms with E-state index in [4.69, 9.17) is 9.47 Å². The summed E-state index contributed by atoms with van der Waals surface area (Å²) >= 11 is 0. The summed E-state index contributed by atoms with van der Waals surface area (Å²) in [7, 11) is 0. The maximum Gasteiger partial charge on any atom is 0.311 e. The van der Waals surface area contributed by atoms with Crippen LogP contribution in [0.25, 0.3) is 0 Å². The van der Waals surface area contributed by atoms with Gasteiger partial charge in [0.25, 0.3) is 0 Å². The molecule has 1 aromatic rings. The standard InChI is InChI=1S/C17H24O4/c1-4-5-10-16(18)20-14-8-6-7-9-15(14)21-17(19)12-11-13(2)3/h6-9,13H,4-5,10-12H2,1-3H3. The largest absolute Gasteiger partial charge is 0.423 e. The molecular formula is C17H24O4. The number of carbonyl (C=O) groups is 2. The van der Waals surface area contributed by atoms with Crippen LogP contribution in [0.15, 0.2) is 24.3 Å². The molecule has 0 unspecified atom stereocenters. The first-order valence-corrected chi connectivity index (χ1v) is 7.53. The molecule has 0 fully saturated rings. The number of hydrogen-bond acceptors (Lipinski definition) is 4. The molecule has 0 amide bonds. The van der Waals surface area contributed by atoms with Gasteiger partial charge in [-0.15, -0.1) is 0 Å². The van der Waals surface area contributed by atoms with Crippen LogP contribution in [0.4, 0.5) is 0 Å². The molecule has 21 heavy (non-hydrogen) atoms. The second kappa shape index (κ2) is 9.16. The second-order valence-electron chi connectivity index (χ2n) is 5.43. The van der Waals surface area contributed by atoms with Crippen molar-refractivity contribution in [3.8, 4) is 11.5 Å². The average Bonchev–Trinajstić information content (AvgIpc) is 2.45. The van der Waals surface area contributed by atoms with E-state index in [1.165, 1.54) is 0 Å². The van der Waals surface area contributed by atoms with Crippen molar-refractivity contribution >= 4 is 11.9 Å². The van der Waals surface area contributed by atoms with Gasteiger partial charge >= 0.3 is 11.9 Å². The van der Waals surface area contributed by atoms with Crippen molar-refractivity contribution in [1.82, 2.24) is 0 Å². The van der Waals surface area contributed by atoms with Crippen molar-refractivity contribution in [1.29, 1.82) is 0 Å². The maximum absolute atomic E-state index is 11.8. The molecule has 0 atom stereocenters. The highest BCUT2D eigenvalue weighted by atomic mass is 16.6. The molecule has 0 aliphatic rings. The Morgan fingerprint density at radius 2 is 1.52 bits per heavy atom. The number of rotatable bonds is 8. The Balaban J connectivity index is 2.62. The topological polar surface area (TPSA) is 52.6 Å². The quantitative estimate of drug-likeness (QED) is 0.534. The van der Waals surface area contributed by atoms with Crippen LogP contribution in [0.3, 0.4) is 0 Å². The van der Waals surface area contributed by atoms with Crippen molar-refractivity contribution in [3.05, 3.63) is 24.3 Å². The van der Waals surface area contributed by atoms with Gasteiger partial charge in [-0.1, -0.05) is 39.3 Å². The minimum Gasteiger partial charge on any atom is -0.423 e. The van der Waals surface area contributed by atoms with Crippen molar-refractivity contribution in [2.45, 2.75) is 52.9 Å². The van der Waals surface area contributed by atoms with Gasteiger partial charge in [-0.3, -0.25) is 9.59 Å². The van der Waals surface area contributed by atoms with E-state index >= 15 is 0 Å². The summed E-state index contributed by atoms with van der Waals surface area (Å²) in [4.78, 5) is 23.4. The first-order valence-electron chi connectivity index (χ1n) is 7.53. The van der Waals surface area contributed by atoms with Crippen LogP contribution in [0.2, 0.25) is 0 Å². The zero-order valence-corrected chi connectivity index (χ0v) is 13.1. The molecule has 1 aromatic carbocycles. The van der Waals surface area contributed by atoms with Crippen LogP contribution >= 0.6 is 0 Å². The zero-order chi connectivity index (χ0) is 15.7. The van der Waals surface area contributed by atoms with Gasteiger partial charge in [0.05, 0.1) is 0 Å². The minimum atomic E-state index is -0.305. The van der Waals surface area contributed by atoms with E-state index < -0.39 is 0 Å². The Hall–Kier alpha value is -1.84. The Morgan fingerprint density at radius 3 is 2.00 bits per heavy atom. The van der Waals surface area contributed by atoms with Gasteiger partial charge < -0.3 is 9.47 Å². The molecule has 0 N–H and O–H groups in total. The van der Waals surface area contributed by atoms with Gasteiger partial charge in [0.2, 0.25) is 0 Å². The van der Waals surface area contributed by atoms with E-state index in [9.17, 15) is 9.59 Å². The van der Waals surface area contributed by atoms with Crippen molar-refractivity contribution in [3.63, 3.8) is 0 Å². The third-order valence-corrected chi connectivity index (χ3v) is 2.96. The molecule has 0 saturated heterocycles. The molecule has 0 heterocycles. The average molecular weight is 292 g/mol. The Labute approximate surface area is 126 Å². The van der Waals surface area contributed by atoms with Gasteiger partial charge in [-0.25, -0.2) is 0 Å². The zero-order valence-electron chi connectivity index (χ0n) is 13.1. The Kier molecular flexibility index (Phi) is 7.51. The van der Waals surface area contributed by atoms with Crippen molar-refractivity contribution in [2.24, 2.45) is 5.92 Å². The normalized spacial score (nSPS) is 10.5. The lowest BCUT2D eigenvalue weighted by Crippen LogP contribution is -2.12. The van der Waals surface area contributed by atoms with Crippen LogP contribution in [0.5, 0.6) is 11.5 Å². The molecule has 0 aromatic heterocycles. The first kappa shape index (κ1) is 17.2. The summed E-state index contributed by atoms with van der Waals surface area (Å²) in [6.07, 6.45) is 3.22. The molecule has 0 spiro atoms. The highest BCUT2D eigenvalue weighted by molar-refractivity contribution is 5.76. The third-order valence-electron chi connectivity index (χ3n) is 2.96. The molecule has 0 aliphatic carbocycles. The number of ether oxygens (including phenoxy) is 2. The van der Waals surface area contributed by atoms with Crippen LogP contribution in [0, 0.1) is 5.92 Å².